The molecule has 0 radical (unpaired) electrons. The highest BCUT2D eigenvalue weighted by Gasteiger charge is 2.33. The molecular formula is C18H20Cl2N2OS. The van der Waals surface area contributed by atoms with Gasteiger partial charge < -0.3 is 10.6 Å². The van der Waals surface area contributed by atoms with E-state index in [0.717, 1.165) is 4.90 Å². The zero-order valence-corrected chi connectivity index (χ0v) is 15.5. The Kier molecular flexibility index (Phi) is 6.99. The molecule has 2 N–H and O–H groups in total. The maximum absolute atomic E-state index is 12.5. The van der Waals surface area contributed by atoms with Gasteiger partial charge >= 0.3 is 0 Å². The number of nitrogens with two attached hydrogens (primary N) is 1. The number of hydrogen-bond acceptors (Lipinski definition) is 3. The third kappa shape index (κ3) is 4.45. The van der Waals surface area contributed by atoms with Gasteiger partial charge in [-0.15, -0.1) is 24.2 Å². The minimum atomic E-state index is -0.00772. The molecule has 1 heterocycles. The Hall–Kier alpha value is -1.20. The lowest BCUT2D eigenvalue weighted by atomic mass is 9.95. The molecular weight excluding hydrogens is 363 g/mol. The van der Waals surface area contributed by atoms with Crippen LogP contribution in [0.4, 0.5) is 0 Å². The molecule has 24 heavy (non-hydrogen) atoms. The first-order chi connectivity index (χ1) is 11.1. The van der Waals surface area contributed by atoms with Gasteiger partial charge in [-0.2, -0.15) is 0 Å². The van der Waals surface area contributed by atoms with E-state index >= 15 is 0 Å². The van der Waals surface area contributed by atoms with Crippen molar-refractivity contribution in [3.8, 4) is 0 Å². The SMILES string of the molecule is Cl.N[C@@H]1CN(C(=O)CSc2ccccc2Cl)C[C@H]1c1ccccc1. The Balaban J connectivity index is 0.00000208. The minimum Gasteiger partial charge on any atom is -0.340 e. The number of likely N-dealkylation sites (tertiary alicyclic amines) is 1. The Bertz CT molecular complexity index is 684. The van der Waals surface area contributed by atoms with Crippen molar-refractivity contribution in [3.05, 3.63) is 65.2 Å². The summed E-state index contributed by atoms with van der Waals surface area (Å²) in [5, 5.41) is 0.686. The van der Waals surface area contributed by atoms with Crippen LogP contribution in [0.2, 0.25) is 5.02 Å². The number of thioether (sulfide) groups is 1. The maximum Gasteiger partial charge on any atom is 0.233 e. The summed E-state index contributed by atoms with van der Waals surface area (Å²) in [5.74, 6) is 0.715. The van der Waals surface area contributed by atoms with E-state index in [2.05, 4.69) is 12.1 Å². The summed E-state index contributed by atoms with van der Waals surface area (Å²) in [7, 11) is 0. The van der Waals surface area contributed by atoms with E-state index in [1.807, 2.05) is 47.4 Å². The van der Waals surface area contributed by atoms with Gasteiger partial charge in [0, 0.05) is 29.9 Å². The minimum absolute atomic E-state index is 0. The second kappa shape index (κ2) is 8.77. The number of halogens is 2. The molecule has 0 saturated carbocycles. The number of hydrogen-bond donors (Lipinski definition) is 1. The van der Waals surface area contributed by atoms with E-state index < -0.39 is 0 Å². The van der Waals surface area contributed by atoms with Gasteiger partial charge in [0.15, 0.2) is 0 Å². The Morgan fingerprint density at radius 2 is 1.79 bits per heavy atom. The van der Waals surface area contributed by atoms with Crippen molar-refractivity contribution in [3.63, 3.8) is 0 Å². The summed E-state index contributed by atoms with van der Waals surface area (Å²) < 4.78 is 0. The average Bonchev–Trinajstić information content (AvgIpc) is 2.96. The van der Waals surface area contributed by atoms with Crippen LogP contribution >= 0.6 is 35.8 Å². The van der Waals surface area contributed by atoms with Crippen LogP contribution in [0.25, 0.3) is 0 Å². The predicted octanol–water partition coefficient (Wildman–Crippen LogP) is 3.81. The molecule has 0 bridgehead atoms. The van der Waals surface area contributed by atoms with Gasteiger partial charge in [-0.1, -0.05) is 54.1 Å². The average molecular weight is 383 g/mol. The zero-order chi connectivity index (χ0) is 16.2. The summed E-state index contributed by atoms with van der Waals surface area (Å²) in [6.45, 7) is 1.30. The molecule has 2 aromatic carbocycles. The molecule has 1 fully saturated rings. The lowest BCUT2D eigenvalue weighted by Crippen LogP contribution is -2.33. The molecule has 2 atom stereocenters. The lowest BCUT2D eigenvalue weighted by Gasteiger charge is -2.16. The highest BCUT2D eigenvalue weighted by molar-refractivity contribution is 8.00. The summed E-state index contributed by atoms with van der Waals surface area (Å²) >= 11 is 7.60. The highest BCUT2D eigenvalue weighted by atomic mass is 35.5. The largest absolute Gasteiger partial charge is 0.340 e. The van der Waals surface area contributed by atoms with Crippen LogP contribution in [-0.4, -0.2) is 35.7 Å². The van der Waals surface area contributed by atoms with E-state index in [1.54, 1.807) is 0 Å². The van der Waals surface area contributed by atoms with Gasteiger partial charge in [-0.25, -0.2) is 0 Å². The number of carbonyl (C=O) groups is 1. The molecule has 0 aromatic heterocycles. The van der Waals surface area contributed by atoms with Crippen LogP contribution in [0.5, 0.6) is 0 Å². The van der Waals surface area contributed by atoms with Crippen LogP contribution in [-0.2, 0) is 4.79 Å². The lowest BCUT2D eigenvalue weighted by molar-refractivity contribution is -0.127. The first-order valence-electron chi connectivity index (χ1n) is 7.61. The summed E-state index contributed by atoms with van der Waals surface area (Å²) in [5.41, 5.74) is 7.45. The van der Waals surface area contributed by atoms with Crippen molar-refractivity contribution in [2.75, 3.05) is 18.8 Å². The van der Waals surface area contributed by atoms with Crippen molar-refractivity contribution in [1.82, 2.24) is 4.90 Å². The van der Waals surface area contributed by atoms with E-state index in [4.69, 9.17) is 17.3 Å². The van der Waals surface area contributed by atoms with Gasteiger partial charge in [0.2, 0.25) is 5.91 Å². The molecule has 1 saturated heterocycles. The van der Waals surface area contributed by atoms with Crippen LogP contribution in [0.3, 0.4) is 0 Å². The van der Waals surface area contributed by atoms with Gasteiger partial charge in [0.1, 0.15) is 0 Å². The molecule has 0 spiro atoms. The summed E-state index contributed by atoms with van der Waals surface area (Å²) in [6, 6.07) is 17.8. The molecule has 1 aliphatic heterocycles. The fourth-order valence-electron chi connectivity index (χ4n) is 2.88. The van der Waals surface area contributed by atoms with Crippen LogP contribution < -0.4 is 5.73 Å². The van der Waals surface area contributed by atoms with Crippen LogP contribution in [0.1, 0.15) is 11.5 Å². The molecule has 128 valence electrons. The molecule has 1 aliphatic rings. The summed E-state index contributed by atoms with van der Waals surface area (Å²) in [4.78, 5) is 15.3. The van der Waals surface area contributed by atoms with Crippen molar-refractivity contribution < 1.29 is 4.79 Å². The number of benzene rings is 2. The maximum atomic E-state index is 12.5. The quantitative estimate of drug-likeness (QED) is 0.817. The van der Waals surface area contributed by atoms with E-state index in [1.165, 1.54) is 17.3 Å². The van der Waals surface area contributed by atoms with Gasteiger partial charge in [0.25, 0.3) is 0 Å². The normalized spacial score (nSPS) is 19.8. The number of nitrogens with zero attached hydrogens (tertiary/aromatic N) is 1. The highest BCUT2D eigenvalue weighted by Crippen LogP contribution is 2.29. The number of amides is 1. The molecule has 3 rings (SSSR count). The van der Waals surface area contributed by atoms with Crippen LogP contribution in [0, 0.1) is 0 Å². The van der Waals surface area contributed by atoms with Crippen molar-refractivity contribution >= 4 is 41.7 Å². The monoisotopic (exact) mass is 382 g/mol. The smallest absolute Gasteiger partial charge is 0.233 e. The van der Waals surface area contributed by atoms with E-state index in [-0.39, 0.29) is 30.3 Å². The van der Waals surface area contributed by atoms with Gasteiger partial charge in [-0.05, 0) is 17.7 Å². The van der Waals surface area contributed by atoms with Crippen molar-refractivity contribution in [2.45, 2.75) is 16.9 Å². The first-order valence-corrected chi connectivity index (χ1v) is 8.97. The second-order valence-electron chi connectivity index (χ2n) is 5.70. The molecule has 1 amide bonds. The molecule has 0 aliphatic carbocycles. The molecule has 6 heteroatoms. The Labute approximate surface area is 158 Å². The summed E-state index contributed by atoms with van der Waals surface area (Å²) in [6.07, 6.45) is 0. The number of carbonyl (C=O) groups excluding carboxylic acids is 1. The van der Waals surface area contributed by atoms with Gasteiger partial charge in [0.05, 0.1) is 10.8 Å². The van der Waals surface area contributed by atoms with Crippen molar-refractivity contribution in [2.24, 2.45) is 5.73 Å². The molecule has 2 aromatic rings. The third-order valence-corrected chi connectivity index (χ3v) is 5.63. The standard InChI is InChI=1S/C18H19ClN2OS.ClH/c19-15-8-4-5-9-17(15)23-12-18(22)21-10-14(16(20)11-21)13-6-2-1-3-7-13;/h1-9,14,16H,10-12,20H2;1H/t14-,16+;/m0./s1. The van der Waals surface area contributed by atoms with E-state index in [0.29, 0.717) is 23.9 Å². The third-order valence-electron chi connectivity index (χ3n) is 4.13. The van der Waals surface area contributed by atoms with Crippen molar-refractivity contribution in [1.29, 1.82) is 0 Å². The predicted molar refractivity (Wildman–Crippen MR) is 103 cm³/mol. The van der Waals surface area contributed by atoms with Gasteiger partial charge in [-0.3, -0.25) is 4.79 Å². The fourth-order valence-corrected chi connectivity index (χ4v) is 4.02. The Morgan fingerprint density at radius 1 is 1.12 bits per heavy atom. The fraction of sp³-hybridized carbons (Fsp3) is 0.278. The molecule has 3 nitrogen and oxygen atoms in total. The van der Waals surface area contributed by atoms with E-state index in [9.17, 15) is 4.79 Å². The molecule has 0 unspecified atom stereocenters. The Morgan fingerprint density at radius 3 is 2.50 bits per heavy atom. The second-order valence-corrected chi connectivity index (χ2v) is 7.12. The first kappa shape index (κ1) is 19.1. The number of rotatable bonds is 4. The van der Waals surface area contributed by atoms with Crippen LogP contribution in [0.15, 0.2) is 59.5 Å². The topological polar surface area (TPSA) is 46.3 Å². The zero-order valence-electron chi connectivity index (χ0n) is 13.1.